The summed E-state index contributed by atoms with van der Waals surface area (Å²) in [6.45, 7) is 3.58. The van der Waals surface area contributed by atoms with Gasteiger partial charge in [0, 0.05) is 37.3 Å². The van der Waals surface area contributed by atoms with Crippen LogP contribution in [0.3, 0.4) is 0 Å². The summed E-state index contributed by atoms with van der Waals surface area (Å²) >= 11 is 1.41. The van der Waals surface area contributed by atoms with Gasteiger partial charge in [0.2, 0.25) is 0 Å². The number of rotatable bonds is 3. The van der Waals surface area contributed by atoms with Crippen LogP contribution in [0.4, 0.5) is 0 Å². The van der Waals surface area contributed by atoms with Gasteiger partial charge in [-0.3, -0.25) is 9.69 Å². The highest BCUT2D eigenvalue weighted by Gasteiger charge is 2.41. The van der Waals surface area contributed by atoms with E-state index in [2.05, 4.69) is 21.3 Å². The number of aromatic amines is 1. The second-order valence-electron chi connectivity index (χ2n) is 6.21. The highest BCUT2D eigenvalue weighted by Crippen LogP contribution is 2.36. The van der Waals surface area contributed by atoms with Gasteiger partial charge in [0.05, 0.1) is 10.6 Å². The summed E-state index contributed by atoms with van der Waals surface area (Å²) < 4.78 is 0. The lowest BCUT2D eigenvalue weighted by Gasteiger charge is -2.45. The second-order valence-corrected chi connectivity index (χ2v) is 7.03. The first-order chi connectivity index (χ1) is 10.7. The molecule has 6 heteroatoms. The molecule has 1 aliphatic carbocycles. The summed E-state index contributed by atoms with van der Waals surface area (Å²) in [7, 11) is 0. The third-order valence-corrected chi connectivity index (χ3v) is 5.72. The minimum atomic E-state index is -0.0602. The van der Waals surface area contributed by atoms with Crippen molar-refractivity contribution in [3.8, 4) is 6.07 Å². The molecule has 0 radical (unpaired) electrons. The lowest BCUT2D eigenvalue weighted by molar-refractivity contribution is 0.0568. The maximum atomic E-state index is 12.3. The molecule has 2 aliphatic rings. The van der Waals surface area contributed by atoms with Crippen molar-refractivity contribution < 1.29 is 0 Å². The number of hydrogen-bond acceptors (Lipinski definition) is 5. The molecule has 22 heavy (non-hydrogen) atoms. The van der Waals surface area contributed by atoms with Crippen LogP contribution in [-0.2, 0) is 6.54 Å². The Labute approximate surface area is 135 Å². The zero-order valence-electron chi connectivity index (χ0n) is 12.9. The van der Waals surface area contributed by atoms with Crippen molar-refractivity contribution in [2.24, 2.45) is 0 Å². The van der Waals surface area contributed by atoms with Crippen LogP contribution in [0.25, 0.3) is 0 Å². The number of pyridine rings is 1. The van der Waals surface area contributed by atoms with Gasteiger partial charge in [-0.25, -0.2) is 0 Å². The third kappa shape index (κ3) is 2.81. The molecule has 1 saturated carbocycles. The van der Waals surface area contributed by atoms with E-state index in [0.717, 1.165) is 19.6 Å². The number of piperazine rings is 1. The SMILES string of the molecule is CSc1[nH]c(=O)c(CN2CCNCC23CCCC3)cc1C#N. The van der Waals surface area contributed by atoms with Gasteiger partial charge in [-0.15, -0.1) is 11.8 Å². The fourth-order valence-corrected chi connectivity index (χ4v) is 4.30. The van der Waals surface area contributed by atoms with Crippen molar-refractivity contribution in [3.63, 3.8) is 0 Å². The van der Waals surface area contributed by atoms with Crippen LogP contribution in [-0.4, -0.2) is 41.3 Å². The number of aromatic nitrogens is 1. The standard InChI is InChI=1S/C16H22N4OS/c1-22-15-12(9-17)8-13(14(21)19-15)10-20-7-6-18-11-16(20)4-2-3-5-16/h8,18H,2-7,10-11H2,1H3,(H,19,21). The van der Waals surface area contributed by atoms with Gasteiger partial charge in [-0.1, -0.05) is 12.8 Å². The van der Waals surface area contributed by atoms with Crippen molar-refractivity contribution in [1.29, 1.82) is 5.26 Å². The van der Waals surface area contributed by atoms with Crippen molar-refractivity contribution >= 4 is 11.8 Å². The van der Waals surface area contributed by atoms with Gasteiger partial charge in [0.1, 0.15) is 6.07 Å². The number of nitrogens with one attached hydrogen (secondary N) is 2. The van der Waals surface area contributed by atoms with Gasteiger partial charge in [0.15, 0.2) is 0 Å². The minimum absolute atomic E-state index is 0.0602. The quantitative estimate of drug-likeness (QED) is 0.830. The summed E-state index contributed by atoms with van der Waals surface area (Å²) in [4.78, 5) is 17.6. The van der Waals surface area contributed by atoms with E-state index in [-0.39, 0.29) is 11.1 Å². The Morgan fingerprint density at radius 2 is 2.23 bits per heavy atom. The minimum Gasteiger partial charge on any atom is -0.316 e. The molecule has 1 aliphatic heterocycles. The number of hydrogen-bond donors (Lipinski definition) is 2. The van der Waals surface area contributed by atoms with Crippen LogP contribution >= 0.6 is 11.8 Å². The molecule has 0 aromatic carbocycles. The third-order valence-electron chi connectivity index (χ3n) is 4.99. The van der Waals surface area contributed by atoms with Crippen LogP contribution in [0.5, 0.6) is 0 Å². The fourth-order valence-electron chi connectivity index (χ4n) is 3.78. The van der Waals surface area contributed by atoms with Crippen LogP contribution in [0, 0.1) is 11.3 Å². The Bertz CT molecular complexity index is 643. The number of nitrogens with zero attached hydrogens (tertiary/aromatic N) is 2. The largest absolute Gasteiger partial charge is 0.316 e. The molecule has 0 bridgehead atoms. The van der Waals surface area contributed by atoms with E-state index in [0.29, 0.717) is 22.7 Å². The predicted octanol–water partition coefficient (Wildman–Crippen LogP) is 1.69. The monoisotopic (exact) mass is 318 g/mol. The maximum absolute atomic E-state index is 12.3. The Morgan fingerprint density at radius 1 is 1.45 bits per heavy atom. The molecule has 2 fully saturated rings. The first kappa shape index (κ1) is 15.6. The Hall–Kier alpha value is -1.29. The van der Waals surface area contributed by atoms with Crippen LogP contribution < -0.4 is 10.9 Å². The van der Waals surface area contributed by atoms with Crippen LogP contribution in [0.2, 0.25) is 0 Å². The zero-order valence-corrected chi connectivity index (χ0v) is 13.8. The second kappa shape index (κ2) is 6.45. The smallest absolute Gasteiger partial charge is 0.253 e. The lowest BCUT2D eigenvalue weighted by atomic mass is 9.92. The van der Waals surface area contributed by atoms with E-state index in [1.807, 2.05) is 6.26 Å². The fraction of sp³-hybridized carbons (Fsp3) is 0.625. The van der Waals surface area contributed by atoms with Gasteiger partial charge < -0.3 is 10.3 Å². The van der Waals surface area contributed by atoms with Crippen molar-refractivity contribution in [1.82, 2.24) is 15.2 Å². The Balaban J connectivity index is 1.89. The summed E-state index contributed by atoms with van der Waals surface area (Å²) in [5, 5.41) is 13.4. The lowest BCUT2D eigenvalue weighted by Crippen LogP contribution is -2.59. The summed E-state index contributed by atoms with van der Waals surface area (Å²) in [6, 6.07) is 3.96. The molecular formula is C16H22N4OS. The molecule has 2 N–H and O–H groups in total. The normalized spacial score (nSPS) is 21.1. The highest BCUT2D eigenvalue weighted by atomic mass is 32.2. The van der Waals surface area contributed by atoms with Gasteiger partial charge >= 0.3 is 0 Å². The average Bonchev–Trinajstić information content (AvgIpc) is 3.00. The molecule has 5 nitrogen and oxygen atoms in total. The molecule has 0 unspecified atom stereocenters. The van der Waals surface area contributed by atoms with Crippen molar-refractivity contribution in [3.05, 3.63) is 27.5 Å². The van der Waals surface area contributed by atoms with E-state index < -0.39 is 0 Å². The number of nitriles is 1. The molecule has 0 atom stereocenters. The summed E-state index contributed by atoms with van der Waals surface area (Å²) in [5.74, 6) is 0. The maximum Gasteiger partial charge on any atom is 0.253 e. The molecule has 3 rings (SSSR count). The molecule has 1 aromatic heterocycles. The molecular weight excluding hydrogens is 296 g/mol. The Morgan fingerprint density at radius 3 is 2.91 bits per heavy atom. The number of H-pyrrole nitrogens is 1. The molecule has 118 valence electrons. The van der Waals surface area contributed by atoms with Crippen molar-refractivity contribution in [2.75, 3.05) is 25.9 Å². The molecule has 1 spiro atoms. The molecule has 0 amide bonds. The predicted molar refractivity (Wildman–Crippen MR) is 88.0 cm³/mol. The van der Waals surface area contributed by atoms with Gasteiger partial charge in [0.25, 0.3) is 5.56 Å². The summed E-state index contributed by atoms with van der Waals surface area (Å²) in [6.07, 6.45) is 6.81. The summed E-state index contributed by atoms with van der Waals surface area (Å²) in [5.41, 5.74) is 1.42. The van der Waals surface area contributed by atoms with E-state index in [1.54, 1.807) is 6.07 Å². The highest BCUT2D eigenvalue weighted by molar-refractivity contribution is 7.98. The first-order valence-electron chi connectivity index (χ1n) is 7.84. The van der Waals surface area contributed by atoms with Crippen molar-refractivity contribution in [2.45, 2.75) is 42.8 Å². The average molecular weight is 318 g/mol. The van der Waals surface area contributed by atoms with Gasteiger partial charge in [-0.2, -0.15) is 5.26 Å². The molecule has 2 heterocycles. The van der Waals surface area contributed by atoms with E-state index in [4.69, 9.17) is 0 Å². The van der Waals surface area contributed by atoms with E-state index in [9.17, 15) is 10.1 Å². The van der Waals surface area contributed by atoms with E-state index in [1.165, 1.54) is 37.4 Å². The van der Waals surface area contributed by atoms with Crippen LogP contribution in [0.15, 0.2) is 15.9 Å². The Kier molecular flexibility index (Phi) is 4.57. The number of thioether (sulfide) groups is 1. The van der Waals surface area contributed by atoms with Crippen LogP contribution in [0.1, 0.15) is 36.8 Å². The van der Waals surface area contributed by atoms with E-state index >= 15 is 0 Å². The first-order valence-corrected chi connectivity index (χ1v) is 9.07. The molecule has 1 saturated heterocycles. The van der Waals surface area contributed by atoms with Gasteiger partial charge in [-0.05, 0) is 25.2 Å². The molecule has 1 aromatic rings. The zero-order chi connectivity index (χ0) is 15.6. The topological polar surface area (TPSA) is 71.9 Å².